The Labute approximate surface area is 115 Å². The summed E-state index contributed by atoms with van der Waals surface area (Å²) < 4.78 is 19.8. The molecule has 1 aromatic carbocycles. The Kier molecular flexibility index (Phi) is 4.14. The van der Waals surface area contributed by atoms with Crippen LogP contribution in [0.3, 0.4) is 0 Å². The second-order valence-corrected chi connectivity index (χ2v) is 3.98. The highest BCUT2D eigenvalue weighted by Crippen LogP contribution is 2.39. The number of hydrogen-bond donors (Lipinski definition) is 1. The van der Waals surface area contributed by atoms with Crippen LogP contribution in [0.15, 0.2) is 18.2 Å². The molecule has 0 bridgehead atoms. The molecule has 1 aromatic rings. The van der Waals surface area contributed by atoms with Gasteiger partial charge in [-0.1, -0.05) is 6.07 Å². The predicted octanol–water partition coefficient (Wildman–Crippen LogP) is 0.348. The van der Waals surface area contributed by atoms with Gasteiger partial charge in [-0.25, -0.2) is 0 Å². The second-order valence-electron chi connectivity index (χ2n) is 3.98. The Morgan fingerprint density at radius 1 is 1.35 bits per heavy atom. The number of methoxy groups -OCH3 is 2. The van der Waals surface area contributed by atoms with E-state index in [4.69, 9.17) is 14.1 Å². The number of benzene rings is 1. The van der Waals surface area contributed by atoms with Gasteiger partial charge in [0.05, 0.1) is 19.8 Å². The first kappa shape index (κ1) is 14.2. The molecule has 1 heterocycles. The van der Waals surface area contributed by atoms with Crippen LogP contribution in [0.2, 0.25) is 0 Å². The van der Waals surface area contributed by atoms with E-state index in [0.717, 1.165) is 7.69 Å². The minimum atomic E-state index is -1.30. The summed E-state index contributed by atoms with van der Waals surface area (Å²) >= 11 is 0. The molecule has 20 heavy (non-hydrogen) atoms. The Hall–Kier alpha value is -2.22. The van der Waals surface area contributed by atoms with Crippen LogP contribution in [-0.4, -0.2) is 45.1 Å². The van der Waals surface area contributed by atoms with Crippen molar-refractivity contribution in [3.63, 3.8) is 0 Å². The SMILES string of the molecule is COc1cccc(OC)c1[C@@H](C(=O)O)[C@@H]1O[B]OC1=O. The fourth-order valence-corrected chi connectivity index (χ4v) is 2.06. The maximum absolute atomic E-state index is 11.6. The van der Waals surface area contributed by atoms with E-state index in [2.05, 4.69) is 4.65 Å². The Bertz CT molecular complexity index is 508. The van der Waals surface area contributed by atoms with E-state index in [1.54, 1.807) is 18.2 Å². The van der Waals surface area contributed by atoms with Gasteiger partial charge in [0.15, 0.2) is 6.10 Å². The molecule has 0 aliphatic carbocycles. The average Bonchev–Trinajstić information content (AvgIpc) is 2.85. The first-order valence-corrected chi connectivity index (χ1v) is 5.71. The zero-order valence-corrected chi connectivity index (χ0v) is 10.9. The van der Waals surface area contributed by atoms with Crippen LogP contribution in [0.5, 0.6) is 11.5 Å². The van der Waals surface area contributed by atoms with Crippen molar-refractivity contribution in [3.8, 4) is 11.5 Å². The smallest absolute Gasteiger partial charge is 0.509 e. The lowest BCUT2D eigenvalue weighted by Crippen LogP contribution is -2.31. The first-order chi connectivity index (χ1) is 9.60. The van der Waals surface area contributed by atoms with Crippen LogP contribution in [0, 0.1) is 0 Å². The van der Waals surface area contributed by atoms with E-state index in [0.29, 0.717) is 11.5 Å². The molecular formula is C12H12BO7. The monoisotopic (exact) mass is 279 g/mol. The minimum absolute atomic E-state index is 0.224. The van der Waals surface area contributed by atoms with Gasteiger partial charge in [0, 0.05) is 0 Å². The molecule has 1 aliphatic rings. The van der Waals surface area contributed by atoms with Crippen molar-refractivity contribution in [3.05, 3.63) is 23.8 Å². The summed E-state index contributed by atoms with van der Waals surface area (Å²) in [5.74, 6) is -2.73. The molecule has 1 radical (unpaired) electrons. The van der Waals surface area contributed by atoms with Gasteiger partial charge < -0.3 is 23.9 Å². The first-order valence-electron chi connectivity index (χ1n) is 5.71. The molecule has 0 unspecified atom stereocenters. The number of rotatable bonds is 5. The Morgan fingerprint density at radius 3 is 2.35 bits per heavy atom. The van der Waals surface area contributed by atoms with Crippen molar-refractivity contribution in [2.24, 2.45) is 0 Å². The summed E-state index contributed by atoms with van der Waals surface area (Å²) in [4.78, 5) is 23.1. The average molecular weight is 279 g/mol. The highest BCUT2D eigenvalue weighted by atomic mass is 16.7. The lowest BCUT2D eigenvalue weighted by Gasteiger charge is -2.21. The summed E-state index contributed by atoms with van der Waals surface area (Å²) in [5.41, 5.74) is 0.224. The normalized spacial score (nSPS) is 18.9. The quantitative estimate of drug-likeness (QED) is 0.777. The maximum atomic E-state index is 11.6. The van der Waals surface area contributed by atoms with E-state index in [1.807, 2.05) is 0 Å². The van der Waals surface area contributed by atoms with Crippen LogP contribution < -0.4 is 9.47 Å². The van der Waals surface area contributed by atoms with Crippen molar-refractivity contribution in [1.29, 1.82) is 0 Å². The molecule has 1 aliphatic heterocycles. The number of ether oxygens (including phenoxy) is 2. The Balaban J connectivity index is 2.54. The molecule has 0 spiro atoms. The van der Waals surface area contributed by atoms with Gasteiger partial charge in [0.1, 0.15) is 17.4 Å². The number of carbonyl (C=O) groups excluding carboxylic acids is 1. The van der Waals surface area contributed by atoms with E-state index in [1.165, 1.54) is 14.2 Å². The molecule has 7 nitrogen and oxygen atoms in total. The third-order valence-corrected chi connectivity index (χ3v) is 2.94. The van der Waals surface area contributed by atoms with Gasteiger partial charge in [0.25, 0.3) is 0 Å². The molecule has 2 rings (SSSR count). The van der Waals surface area contributed by atoms with E-state index < -0.39 is 24.0 Å². The molecule has 1 N–H and O–H groups in total. The third kappa shape index (κ3) is 2.42. The third-order valence-electron chi connectivity index (χ3n) is 2.94. The standard InChI is InChI=1S/C12H12BO7/c1-17-6-4-3-5-7(18-2)8(6)9(11(14)15)10-12(16)20-13-19-10/h3-5,9-10H,1-2H3,(H,14,15)/t9-,10+/m1/s1. The summed E-state index contributed by atoms with van der Waals surface area (Å²) in [7, 11) is 3.62. The second kappa shape index (κ2) is 5.83. The largest absolute Gasteiger partial charge is 0.575 e. The highest BCUT2D eigenvalue weighted by Gasteiger charge is 2.44. The zero-order valence-electron chi connectivity index (χ0n) is 10.9. The predicted molar refractivity (Wildman–Crippen MR) is 66.6 cm³/mol. The van der Waals surface area contributed by atoms with Crippen molar-refractivity contribution in [1.82, 2.24) is 0 Å². The molecule has 1 fully saturated rings. The van der Waals surface area contributed by atoms with Gasteiger partial charge >= 0.3 is 19.6 Å². The Morgan fingerprint density at radius 2 is 1.95 bits per heavy atom. The van der Waals surface area contributed by atoms with Crippen LogP contribution in [0.25, 0.3) is 0 Å². The summed E-state index contributed by atoms with van der Waals surface area (Å²) in [6, 6.07) is 4.82. The summed E-state index contributed by atoms with van der Waals surface area (Å²) in [6.07, 6.45) is -1.28. The molecule has 1 saturated heterocycles. The molecule has 0 saturated carbocycles. The van der Waals surface area contributed by atoms with Crippen LogP contribution in [-0.2, 0) is 18.9 Å². The number of carbonyl (C=O) groups is 2. The van der Waals surface area contributed by atoms with Gasteiger partial charge in [-0.2, -0.15) is 0 Å². The fraction of sp³-hybridized carbons (Fsp3) is 0.333. The van der Waals surface area contributed by atoms with Crippen LogP contribution >= 0.6 is 0 Å². The van der Waals surface area contributed by atoms with E-state index in [-0.39, 0.29) is 5.56 Å². The molecule has 0 aromatic heterocycles. The lowest BCUT2D eigenvalue weighted by atomic mass is 9.91. The van der Waals surface area contributed by atoms with E-state index in [9.17, 15) is 14.7 Å². The maximum Gasteiger partial charge on any atom is 0.575 e. The van der Waals surface area contributed by atoms with Gasteiger partial charge in [-0.15, -0.1) is 0 Å². The topological polar surface area (TPSA) is 91.3 Å². The van der Waals surface area contributed by atoms with Gasteiger partial charge in [-0.05, 0) is 12.1 Å². The van der Waals surface area contributed by atoms with Crippen molar-refractivity contribution >= 4 is 19.6 Å². The minimum Gasteiger partial charge on any atom is -0.509 e. The zero-order chi connectivity index (χ0) is 14.7. The fourth-order valence-electron chi connectivity index (χ4n) is 2.06. The van der Waals surface area contributed by atoms with Gasteiger partial charge in [0.2, 0.25) is 0 Å². The summed E-state index contributed by atoms with van der Waals surface area (Å²) in [5, 5.41) is 9.43. The molecule has 8 heteroatoms. The molecule has 105 valence electrons. The van der Waals surface area contributed by atoms with Crippen LogP contribution in [0.4, 0.5) is 0 Å². The number of carboxylic acids is 1. The number of aliphatic carboxylic acids is 1. The van der Waals surface area contributed by atoms with Crippen molar-refractivity contribution < 1.29 is 33.5 Å². The van der Waals surface area contributed by atoms with Crippen molar-refractivity contribution in [2.45, 2.75) is 12.0 Å². The number of hydrogen-bond acceptors (Lipinski definition) is 6. The van der Waals surface area contributed by atoms with E-state index >= 15 is 0 Å². The summed E-state index contributed by atoms with van der Waals surface area (Å²) in [6.45, 7) is 0. The molecule has 0 amide bonds. The molecular weight excluding hydrogens is 267 g/mol. The lowest BCUT2D eigenvalue weighted by molar-refractivity contribution is -0.147. The van der Waals surface area contributed by atoms with Crippen LogP contribution in [0.1, 0.15) is 11.5 Å². The van der Waals surface area contributed by atoms with Crippen molar-refractivity contribution in [2.75, 3.05) is 14.2 Å². The van der Waals surface area contributed by atoms with Gasteiger partial charge in [-0.3, -0.25) is 9.59 Å². The highest BCUT2D eigenvalue weighted by molar-refractivity contribution is 6.26. The number of carboxylic acid groups (broad SMARTS) is 1. The molecule has 2 atom stereocenters.